The normalized spacial score (nSPS) is 20.4. The Balaban J connectivity index is 1.31. The highest BCUT2D eigenvalue weighted by Gasteiger charge is 2.30. The van der Waals surface area contributed by atoms with Gasteiger partial charge in [-0.2, -0.15) is 0 Å². The van der Waals surface area contributed by atoms with Gasteiger partial charge in [-0.3, -0.25) is 4.79 Å². The maximum Gasteiger partial charge on any atom is 0.223 e. The molecule has 4 nitrogen and oxygen atoms in total. The Morgan fingerprint density at radius 1 is 1.07 bits per heavy atom. The molecule has 0 aliphatic carbocycles. The van der Waals surface area contributed by atoms with Crippen molar-refractivity contribution >= 4 is 5.91 Å². The number of rotatable bonds is 8. The number of hydrogen-bond acceptors (Lipinski definition) is 3. The summed E-state index contributed by atoms with van der Waals surface area (Å²) in [5, 5.41) is 2.95. The third kappa shape index (κ3) is 6.18. The van der Waals surface area contributed by atoms with Gasteiger partial charge in [-0.15, -0.1) is 6.58 Å². The van der Waals surface area contributed by atoms with E-state index in [0.717, 1.165) is 25.9 Å². The molecule has 2 aliphatic heterocycles. The summed E-state index contributed by atoms with van der Waals surface area (Å²) >= 11 is 0. The Labute approximate surface area is 164 Å². The van der Waals surface area contributed by atoms with Gasteiger partial charge in [0.1, 0.15) is 0 Å². The van der Waals surface area contributed by atoms with Crippen LogP contribution in [-0.2, 0) is 11.2 Å². The van der Waals surface area contributed by atoms with E-state index in [1.165, 1.54) is 50.9 Å². The van der Waals surface area contributed by atoms with Gasteiger partial charge in [0, 0.05) is 18.5 Å². The SMILES string of the molecule is C=CCNC(=O)C1CCN(C2CCN(CCCc3ccccc3)CC2)CC1. The zero-order valence-corrected chi connectivity index (χ0v) is 16.6. The Hall–Kier alpha value is -1.65. The second-order valence-electron chi connectivity index (χ2n) is 8.01. The van der Waals surface area contributed by atoms with Crippen molar-refractivity contribution in [3.05, 3.63) is 48.6 Å². The molecular formula is C23H35N3O. The van der Waals surface area contributed by atoms with Crippen molar-refractivity contribution in [3.8, 4) is 0 Å². The van der Waals surface area contributed by atoms with Crippen molar-refractivity contribution in [2.45, 2.75) is 44.6 Å². The van der Waals surface area contributed by atoms with Gasteiger partial charge in [-0.05, 0) is 76.8 Å². The van der Waals surface area contributed by atoms with Gasteiger partial charge in [-0.1, -0.05) is 36.4 Å². The van der Waals surface area contributed by atoms with Gasteiger partial charge in [0.05, 0.1) is 0 Å². The summed E-state index contributed by atoms with van der Waals surface area (Å²) < 4.78 is 0. The van der Waals surface area contributed by atoms with Crippen LogP contribution >= 0.6 is 0 Å². The summed E-state index contributed by atoms with van der Waals surface area (Å²) in [5.74, 6) is 0.405. The molecule has 2 saturated heterocycles. The molecule has 2 heterocycles. The maximum atomic E-state index is 12.1. The summed E-state index contributed by atoms with van der Waals surface area (Å²) in [7, 11) is 0. The Bertz CT molecular complexity index is 573. The summed E-state index contributed by atoms with van der Waals surface area (Å²) in [5.41, 5.74) is 1.45. The molecule has 1 N–H and O–H groups in total. The molecule has 3 rings (SSSR count). The number of carbonyl (C=O) groups is 1. The van der Waals surface area contributed by atoms with Crippen LogP contribution in [0.4, 0.5) is 0 Å². The molecule has 0 spiro atoms. The molecule has 0 aromatic heterocycles. The third-order valence-electron chi connectivity index (χ3n) is 6.18. The molecule has 0 unspecified atom stereocenters. The standard InChI is InChI=1S/C23H35N3O/c1-2-14-24-23(27)21-10-18-26(19-11-21)22-12-16-25(17-13-22)15-6-9-20-7-4-3-5-8-20/h2-5,7-8,21-22H,1,6,9-19H2,(H,24,27). The third-order valence-corrected chi connectivity index (χ3v) is 6.18. The van der Waals surface area contributed by atoms with Crippen LogP contribution in [0.25, 0.3) is 0 Å². The van der Waals surface area contributed by atoms with Crippen LogP contribution in [0.5, 0.6) is 0 Å². The van der Waals surface area contributed by atoms with Crippen molar-refractivity contribution in [2.75, 3.05) is 39.3 Å². The number of piperidine rings is 2. The van der Waals surface area contributed by atoms with Crippen molar-refractivity contribution in [3.63, 3.8) is 0 Å². The Morgan fingerprint density at radius 2 is 1.78 bits per heavy atom. The van der Waals surface area contributed by atoms with E-state index < -0.39 is 0 Å². The first kappa shape index (κ1) is 20.1. The summed E-state index contributed by atoms with van der Waals surface area (Å²) in [6, 6.07) is 11.5. The van der Waals surface area contributed by atoms with Crippen LogP contribution in [0.2, 0.25) is 0 Å². The van der Waals surface area contributed by atoms with Gasteiger partial charge in [0.15, 0.2) is 0 Å². The van der Waals surface area contributed by atoms with Crippen LogP contribution in [0.15, 0.2) is 43.0 Å². The monoisotopic (exact) mass is 369 g/mol. The van der Waals surface area contributed by atoms with E-state index in [0.29, 0.717) is 12.6 Å². The van der Waals surface area contributed by atoms with Crippen LogP contribution in [0.1, 0.15) is 37.7 Å². The number of hydrogen-bond donors (Lipinski definition) is 1. The van der Waals surface area contributed by atoms with E-state index in [1.54, 1.807) is 6.08 Å². The van der Waals surface area contributed by atoms with Crippen molar-refractivity contribution < 1.29 is 4.79 Å². The lowest BCUT2D eigenvalue weighted by Crippen LogP contribution is -2.49. The average molecular weight is 370 g/mol. The highest BCUT2D eigenvalue weighted by Crippen LogP contribution is 2.24. The minimum atomic E-state index is 0.194. The fourth-order valence-corrected chi connectivity index (χ4v) is 4.50. The molecule has 1 amide bonds. The fraction of sp³-hybridized carbons (Fsp3) is 0.609. The predicted molar refractivity (Wildman–Crippen MR) is 112 cm³/mol. The van der Waals surface area contributed by atoms with E-state index in [2.05, 4.69) is 52.0 Å². The predicted octanol–water partition coefficient (Wildman–Crippen LogP) is 3.10. The number of carbonyl (C=O) groups excluding carboxylic acids is 1. The maximum absolute atomic E-state index is 12.1. The van der Waals surface area contributed by atoms with E-state index in [1.807, 2.05) is 0 Å². The van der Waals surface area contributed by atoms with Crippen molar-refractivity contribution in [1.82, 2.24) is 15.1 Å². The summed E-state index contributed by atoms with van der Waals surface area (Å²) in [6.45, 7) is 10.1. The lowest BCUT2D eigenvalue weighted by Gasteiger charge is -2.41. The van der Waals surface area contributed by atoms with E-state index in [-0.39, 0.29) is 11.8 Å². The molecule has 0 bridgehead atoms. The molecule has 2 fully saturated rings. The average Bonchev–Trinajstić information content (AvgIpc) is 2.73. The van der Waals surface area contributed by atoms with Gasteiger partial charge >= 0.3 is 0 Å². The first-order valence-corrected chi connectivity index (χ1v) is 10.6. The number of aryl methyl sites for hydroxylation is 1. The highest BCUT2D eigenvalue weighted by atomic mass is 16.1. The fourth-order valence-electron chi connectivity index (χ4n) is 4.50. The van der Waals surface area contributed by atoms with Crippen LogP contribution in [0.3, 0.4) is 0 Å². The molecule has 0 saturated carbocycles. The first-order chi connectivity index (χ1) is 13.3. The summed E-state index contributed by atoms with van der Waals surface area (Å²) in [4.78, 5) is 17.4. The first-order valence-electron chi connectivity index (χ1n) is 10.6. The second kappa shape index (κ2) is 10.6. The summed E-state index contributed by atoms with van der Waals surface area (Å²) in [6.07, 6.45) is 8.74. The smallest absolute Gasteiger partial charge is 0.223 e. The lowest BCUT2D eigenvalue weighted by molar-refractivity contribution is -0.126. The molecular weight excluding hydrogens is 334 g/mol. The number of nitrogens with zero attached hydrogens (tertiary/aromatic N) is 2. The Morgan fingerprint density at radius 3 is 2.44 bits per heavy atom. The number of benzene rings is 1. The zero-order chi connectivity index (χ0) is 18.9. The topological polar surface area (TPSA) is 35.6 Å². The highest BCUT2D eigenvalue weighted by molar-refractivity contribution is 5.78. The van der Waals surface area contributed by atoms with Gasteiger partial charge in [0.2, 0.25) is 5.91 Å². The second-order valence-corrected chi connectivity index (χ2v) is 8.01. The molecule has 2 aliphatic rings. The van der Waals surface area contributed by atoms with Gasteiger partial charge in [-0.25, -0.2) is 0 Å². The van der Waals surface area contributed by atoms with Crippen LogP contribution in [0, 0.1) is 5.92 Å². The molecule has 0 atom stereocenters. The van der Waals surface area contributed by atoms with E-state index in [4.69, 9.17) is 0 Å². The quantitative estimate of drug-likeness (QED) is 0.715. The van der Waals surface area contributed by atoms with Crippen LogP contribution < -0.4 is 5.32 Å². The molecule has 0 radical (unpaired) electrons. The Kier molecular flexibility index (Phi) is 7.91. The van der Waals surface area contributed by atoms with E-state index in [9.17, 15) is 4.79 Å². The minimum Gasteiger partial charge on any atom is -0.352 e. The molecule has 1 aromatic rings. The lowest BCUT2D eigenvalue weighted by atomic mass is 9.92. The molecule has 148 valence electrons. The van der Waals surface area contributed by atoms with E-state index >= 15 is 0 Å². The zero-order valence-electron chi connectivity index (χ0n) is 16.6. The number of amides is 1. The largest absolute Gasteiger partial charge is 0.352 e. The minimum absolute atomic E-state index is 0.194. The van der Waals surface area contributed by atoms with Crippen LogP contribution in [-0.4, -0.2) is 61.0 Å². The van der Waals surface area contributed by atoms with Crippen molar-refractivity contribution in [1.29, 1.82) is 0 Å². The van der Waals surface area contributed by atoms with Crippen molar-refractivity contribution in [2.24, 2.45) is 5.92 Å². The molecule has 4 heteroatoms. The molecule has 1 aromatic carbocycles. The molecule has 27 heavy (non-hydrogen) atoms. The number of likely N-dealkylation sites (tertiary alicyclic amines) is 2. The van der Waals surface area contributed by atoms with Gasteiger partial charge < -0.3 is 15.1 Å². The van der Waals surface area contributed by atoms with Gasteiger partial charge in [0.25, 0.3) is 0 Å². The number of nitrogens with one attached hydrogen (secondary N) is 1.